The van der Waals surface area contributed by atoms with Crippen molar-refractivity contribution in [3.05, 3.63) is 65.2 Å². The Bertz CT molecular complexity index is 862. The molecule has 3 rings (SSSR count). The predicted molar refractivity (Wildman–Crippen MR) is 97.6 cm³/mol. The minimum Gasteiger partial charge on any atom is -0.382 e. The molecule has 5 nitrogen and oxygen atoms in total. The highest BCUT2D eigenvalue weighted by atomic mass is 35.5. The Morgan fingerprint density at radius 1 is 1.17 bits per heavy atom. The molecule has 3 aromatic rings. The third kappa shape index (κ3) is 3.55. The maximum Gasteiger partial charge on any atom is 0.255 e. The highest BCUT2D eigenvalue weighted by Crippen LogP contribution is 2.36. The Morgan fingerprint density at radius 2 is 1.83 bits per heavy atom. The smallest absolute Gasteiger partial charge is 0.255 e. The molecule has 1 amide bonds. The zero-order valence-electron chi connectivity index (χ0n) is 12.9. The van der Waals surface area contributed by atoms with Gasteiger partial charge in [0.05, 0.1) is 0 Å². The molecular weight excluding hydrogens is 344 g/mol. The average molecular weight is 359 g/mol. The molecule has 1 heterocycles. The first kappa shape index (κ1) is 16.4. The Kier molecular flexibility index (Phi) is 4.78. The number of benzene rings is 2. The number of carbonyl (C=O) groups excluding carboxylic acids is 1. The number of halogens is 1. The van der Waals surface area contributed by atoms with Gasteiger partial charge in [-0.15, -0.1) is 0 Å². The molecule has 0 spiro atoms. The molecule has 1 aromatic heterocycles. The molecule has 0 fully saturated rings. The van der Waals surface area contributed by atoms with Gasteiger partial charge in [-0.25, -0.2) is 0 Å². The van der Waals surface area contributed by atoms with Crippen LogP contribution in [0.3, 0.4) is 0 Å². The van der Waals surface area contributed by atoms with Crippen molar-refractivity contribution < 1.29 is 4.79 Å². The summed E-state index contributed by atoms with van der Waals surface area (Å²) in [6, 6.07) is 16.4. The number of hydrogen-bond donors (Lipinski definition) is 2. The van der Waals surface area contributed by atoms with Crippen molar-refractivity contribution in [3.8, 4) is 0 Å². The molecule has 24 heavy (non-hydrogen) atoms. The van der Waals surface area contributed by atoms with Crippen LogP contribution in [-0.4, -0.2) is 15.7 Å². The van der Waals surface area contributed by atoms with E-state index < -0.39 is 0 Å². The number of amides is 1. The van der Waals surface area contributed by atoms with Crippen molar-refractivity contribution in [3.63, 3.8) is 0 Å². The summed E-state index contributed by atoms with van der Waals surface area (Å²) in [6.45, 7) is 0. The zero-order valence-corrected chi connectivity index (χ0v) is 14.4. The second-order valence-corrected chi connectivity index (χ2v) is 6.56. The molecule has 2 aromatic carbocycles. The van der Waals surface area contributed by atoms with E-state index in [0.717, 1.165) is 4.90 Å². The fourth-order valence-corrected chi connectivity index (χ4v) is 3.15. The summed E-state index contributed by atoms with van der Waals surface area (Å²) in [6.07, 6.45) is 0. The number of nitrogens with one attached hydrogen (secondary N) is 1. The molecule has 0 bridgehead atoms. The second-order valence-electron chi connectivity index (χ2n) is 5.07. The van der Waals surface area contributed by atoms with Crippen LogP contribution in [0, 0.1) is 0 Å². The maximum absolute atomic E-state index is 12.4. The number of carbonyl (C=O) groups is 1. The van der Waals surface area contributed by atoms with E-state index in [0.29, 0.717) is 27.1 Å². The van der Waals surface area contributed by atoms with E-state index in [-0.39, 0.29) is 5.91 Å². The van der Waals surface area contributed by atoms with Gasteiger partial charge < -0.3 is 11.1 Å². The van der Waals surface area contributed by atoms with Crippen molar-refractivity contribution in [1.29, 1.82) is 0 Å². The largest absolute Gasteiger partial charge is 0.382 e. The van der Waals surface area contributed by atoms with Gasteiger partial charge >= 0.3 is 0 Å². The summed E-state index contributed by atoms with van der Waals surface area (Å²) < 4.78 is 1.54. The van der Waals surface area contributed by atoms with Gasteiger partial charge in [-0.05, 0) is 36.4 Å². The van der Waals surface area contributed by atoms with Gasteiger partial charge in [-0.1, -0.05) is 41.6 Å². The minimum absolute atomic E-state index is 0.263. The van der Waals surface area contributed by atoms with E-state index in [1.165, 1.54) is 11.8 Å². The lowest BCUT2D eigenvalue weighted by Crippen LogP contribution is -2.13. The Labute approximate surface area is 148 Å². The number of nitrogen functional groups attached to an aromatic ring is 1. The fraction of sp³-hybridized carbons (Fsp3) is 0.0588. The van der Waals surface area contributed by atoms with Crippen LogP contribution in [0.4, 0.5) is 11.5 Å². The molecular formula is C17H15ClN4OS. The number of aromatic nitrogens is 2. The van der Waals surface area contributed by atoms with Crippen molar-refractivity contribution in [2.75, 3.05) is 11.1 Å². The lowest BCUT2D eigenvalue weighted by atomic mass is 10.2. The molecule has 0 atom stereocenters. The van der Waals surface area contributed by atoms with E-state index in [1.54, 1.807) is 36.0 Å². The van der Waals surface area contributed by atoms with E-state index >= 15 is 0 Å². The summed E-state index contributed by atoms with van der Waals surface area (Å²) in [7, 11) is 1.74. The van der Waals surface area contributed by atoms with Crippen molar-refractivity contribution in [2.24, 2.45) is 7.05 Å². The number of anilines is 2. The second kappa shape index (κ2) is 6.98. The van der Waals surface area contributed by atoms with Crippen molar-refractivity contribution in [2.45, 2.75) is 9.92 Å². The number of nitrogens with zero attached hydrogens (tertiary/aromatic N) is 2. The van der Waals surface area contributed by atoms with Gasteiger partial charge in [0.1, 0.15) is 16.5 Å². The van der Waals surface area contributed by atoms with Gasteiger partial charge in [0.15, 0.2) is 0 Å². The average Bonchev–Trinajstić information content (AvgIpc) is 2.84. The van der Waals surface area contributed by atoms with Gasteiger partial charge in [0, 0.05) is 22.5 Å². The van der Waals surface area contributed by atoms with E-state index in [4.69, 9.17) is 17.3 Å². The first-order valence-electron chi connectivity index (χ1n) is 7.17. The lowest BCUT2D eigenvalue weighted by Gasteiger charge is -2.07. The fourth-order valence-electron chi connectivity index (χ4n) is 2.09. The summed E-state index contributed by atoms with van der Waals surface area (Å²) in [5.41, 5.74) is 7.06. The third-order valence-corrected chi connectivity index (χ3v) is 4.60. The summed E-state index contributed by atoms with van der Waals surface area (Å²) in [5, 5.41) is 8.45. The van der Waals surface area contributed by atoms with Crippen LogP contribution >= 0.6 is 23.4 Å². The Morgan fingerprint density at radius 3 is 2.50 bits per heavy atom. The lowest BCUT2D eigenvalue weighted by molar-refractivity contribution is 0.102. The Balaban J connectivity index is 1.87. The highest BCUT2D eigenvalue weighted by Gasteiger charge is 2.18. The minimum atomic E-state index is -0.263. The Hall–Kier alpha value is -2.44. The van der Waals surface area contributed by atoms with Crippen LogP contribution in [0.1, 0.15) is 10.4 Å². The monoisotopic (exact) mass is 358 g/mol. The quantitative estimate of drug-likeness (QED) is 0.737. The highest BCUT2D eigenvalue weighted by molar-refractivity contribution is 7.99. The van der Waals surface area contributed by atoms with Gasteiger partial charge in [-0.2, -0.15) is 5.10 Å². The molecule has 0 saturated heterocycles. The SMILES string of the molecule is Cn1nc(Sc2ccccc2)c(NC(=O)c2ccc(Cl)cc2)c1N. The van der Waals surface area contributed by atoms with Crippen LogP contribution in [-0.2, 0) is 7.05 Å². The molecule has 0 radical (unpaired) electrons. The normalized spacial score (nSPS) is 10.6. The summed E-state index contributed by atoms with van der Waals surface area (Å²) >= 11 is 7.29. The molecule has 0 unspecified atom stereocenters. The van der Waals surface area contributed by atoms with Crippen LogP contribution in [0.5, 0.6) is 0 Å². The van der Waals surface area contributed by atoms with Gasteiger partial charge in [-0.3, -0.25) is 9.48 Å². The standard InChI is InChI=1S/C17H15ClN4OS/c1-22-15(19)14(17(21-22)24-13-5-3-2-4-6-13)20-16(23)11-7-9-12(18)10-8-11/h2-10H,19H2,1H3,(H,20,23). The molecule has 0 aliphatic carbocycles. The third-order valence-electron chi connectivity index (χ3n) is 3.36. The van der Waals surface area contributed by atoms with Crippen molar-refractivity contribution in [1.82, 2.24) is 9.78 Å². The maximum atomic E-state index is 12.4. The molecule has 7 heteroatoms. The van der Waals surface area contributed by atoms with Gasteiger partial charge in [0.25, 0.3) is 5.91 Å². The first-order valence-corrected chi connectivity index (χ1v) is 8.36. The first-order chi connectivity index (χ1) is 11.5. The van der Waals surface area contributed by atoms with Crippen molar-refractivity contribution >= 4 is 40.8 Å². The zero-order chi connectivity index (χ0) is 17.1. The van der Waals surface area contributed by atoms with E-state index in [2.05, 4.69) is 10.4 Å². The molecule has 0 saturated carbocycles. The van der Waals surface area contributed by atoms with E-state index in [9.17, 15) is 4.79 Å². The molecule has 3 N–H and O–H groups in total. The number of aryl methyl sites for hydroxylation is 1. The topological polar surface area (TPSA) is 72.9 Å². The predicted octanol–water partition coefficient (Wildman–Crippen LogP) is 4.06. The molecule has 0 aliphatic rings. The van der Waals surface area contributed by atoms with Crippen LogP contribution < -0.4 is 11.1 Å². The summed E-state index contributed by atoms with van der Waals surface area (Å²) in [4.78, 5) is 13.4. The number of rotatable bonds is 4. The van der Waals surface area contributed by atoms with E-state index in [1.807, 2.05) is 30.3 Å². The molecule has 122 valence electrons. The van der Waals surface area contributed by atoms with Crippen LogP contribution in [0.15, 0.2) is 64.5 Å². The summed E-state index contributed by atoms with van der Waals surface area (Å²) in [5.74, 6) is 0.136. The number of nitrogens with two attached hydrogens (primary N) is 1. The number of hydrogen-bond acceptors (Lipinski definition) is 4. The van der Waals surface area contributed by atoms with Crippen LogP contribution in [0.2, 0.25) is 5.02 Å². The van der Waals surface area contributed by atoms with Crippen LogP contribution in [0.25, 0.3) is 0 Å². The molecule has 0 aliphatic heterocycles. The van der Waals surface area contributed by atoms with Gasteiger partial charge in [0.2, 0.25) is 0 Å².